The Morgan fingerprint density at radius 1 is 1.21 bits per heavy atom. The van der Waals surface area contributed by atoms with Gasteiger partial charge in [-0.3, -0.25) is 19.0 Å². The van der Waals surface area contributed by atoms with Gasteiger partial charge in [0.2, 0.25) is 5.78 Å². The maximum absolute atomic E-state index is 12.6. The van der Waals surface area contributed by atoms with Crippen LogP contribution in [0.4, 0.5) is 0 Å². The fraction of sp³-hybridized carbons (Fsp3) is 0.667. The molecular weight excluding hydrogens is 308 g/mol. The fourth-order valence-electron chi connectivity index (χ4n) is 3.25. The molecule has 6 heteroatoms. The minimum Gasteiger partial charge on any atom is -0.481 e. The van der Waals surface area contributed by atoms with Crippen LogP contribution in [-0.2, 0) is 17.8 Å². The Kier molecular flexibility index (Phi) is 6.29. The molecule has 24 heavy (non-hydrogen) atoms. The van der Waals surface area contributed by atoms with Gasteiger partial charge < -0.3 is 5.11 Å². The molecule has 0 aromatic carbocycles. The zero-order valence-electron chi connectivity index (χ0n) is 14.5. The van der Waals surface area contributed by atoms with Crippen LogP contribution in [0.5, 0.6) is 0 Å². The molecule has 0 saturated carbocycles. The van der Waals surface area contributed by atoms with Crippen molar-refractivity contribution >= 4 is 11.8 Å². The fourth-order valence-corrected chi connectivity index (χ4v) is 3.25. The van der Waals surface area contributed by atoms with E-state index in [9.17, 15) is 14.4 Å². The van der Waals surface area contributed by atoms with Crippen LogP contribution in [0.2, 0.25) is 0 Å². The second-order valence-electron chi connectivity index (χ2n) is 6.52. The van der Waals surface area contributed by atoms with Crippen molar-refractivity contribution in [2.45, 2.75) is 71.8 Å². The lowest BCUT2D eigenvalue weighted by Gasteiger charge is -2.22. The van der Waals surface area contributed by atoms with Gasteiger partial charge in [-0.05, 0) is 26.2 Å². The number of carboxylic acid groups (broad SMARTS) is 1. The van der Waals surface area contributed by atoms with Gasteiger partial charge in [-0.25, -0.2) is 4.98 Å². The van der Waals surface area contributed by atoms with Crippen LogP contribution >= 0.6 is 0 Å². The zero-order valence-corrected chi connectivity index (χ0v) is 14.5. The number of fused-ring (bicyclic) bond motifs is 1. The van der Waals surface area contributed by atoms with Crippen LogP contribution in [0.1, 0.15) is 73.7 Å². The molecule has 1 atom stereocenters. The first-order valence-electron chi connectivity index (χ1n) is 8.84. The summed E-state index contributed by atoms with van der Waals surface area (Å²) in [6.45, 7) is 4.15. The summed E-state index contributed by atoms with van der Waals surface area (Å²) in [5.74, 6) is -2.78. The molecule has 0 fully saturated rings. The molecule has 0 aliphatic carbocycles. The summed E-state index contributed by atoms with van der Waals surface area (Å²) < 4.78 is 1.36. The average molecular weight is 334 g/mol. The summed E-state index contributed by atoms with van der Waals surface area (Å²) in [5, 5.41) is 9.10. The van der Waals surface area contributed by atoms with Crippen molar-refractivity contribution < 1.29 is 14.7 Å². The second kappa shape index (κ2) is 8.22. The molecule has 6 nitrogen and oxygen atoms in total. The first kappa shape index (κ1) is 18.4. The number of carbonyl (C=O) groups excluding carboxylic acids is 1. The third kappa shape index (κ3) is 3.91. The Labute approximate surface area is 141 Å². The number of ketones is 1. The Balaban J connectivity index is 2.12. The van der Waals surface area contributed by atoms with Gasteiger partial charge in [0.1, 0.15) is 5.92 Å². The summed E-state index contributed by atoms with van der Waals surface area (Å²) >= 11 is 0. The van der Waals surface area contributed by atoms with Gasteiger partial charge in [0.05, 0.1) is 0 Å². The smallest absolute Gasteiger partial charge is 0.314 e. The number of carbonyl (C=O) groups is 2. The van der Waals surface area contributed by atoms with Crippen molar-refractivity contribution in [2.75, 3.05) is 0 Å². The topological polar surface area (TPSA) is 89.3 Å². The Morgan fingerprint density at radius 2 is 1.88 bits per heavy atom. The SMILES string of the molecule is CCCCCCCCc1c(C)nc2n(c1=O)CCC(C(=O)O)C2=O. The highest BCUT2D eigenvalue weighted by Crippen LogP contribution is 2.19. The van der Waals surface area contributed by atoms with E-state index >= 15 is 0 Å². The molecule has 1 aliphatic rings. The van der Waals surface area contributed by atoms with E-state index in [4.69, 9.17) is 5.11 Å². The summed E-state index contributed by atoms with van der Waals surface area (Å²) in [7, 11) is 0. The number of aliphatic carboxylic acids is 1. The molecule has 1 aromatic heterocycles. The third-order valence-corrected chi connectivity index (χ3v) is 4.73. The standard InChI is InChI=1S/C18H26N2O4/c1-3-4-5-6-7-8-9-13-12(2)19-16-15(21)14(18(23)24)10-11-20(16)17(13)22/h14H,3-11H2,1-2H3,(H,23,24). The van der Waals surface area contributed by atoms with E-state index in [2.05, 4.69) is 11.9 Å². The highest BCUT2D eigenvalue weighted by Gasteiger charge is 2.35. The van der Waals surface area contributed by atoms with Crippen molar-refractivity contribution in [3.05, 3.63) is 27.4 Å². The van der Waals surface area contributed by atoms with Gasteiger partial charge in [0.15, 0.2) is 5.82 Å². The molecule has 0 bridgehead atoms. The molecule has 1 unspecified atom stereocenters. The predicted octanol–water partition coefficient (Wildman–Crippen LogP) is 2.74. The molecular formula is C18H26N2O4. The van der Waals surface area contributed by atoms with Gasteiger partial charge in [-0.2, -0.15) is 0 Å². The number of hydrogen-bond acceptors (Lipinski definition) is 4. The molecule has 0 saturated heterocycles. The maximum atomic E-state index is 12.6. The van der Waals surface area contributed by atoms with E-state index in [0.29, 0.717) is 17.7 Å². The number of hydrogen-bond donors (Lipinski definition) is 1. The predicted molar refractivity (Wildman–Crippen MR) is 90.4 cm³/mol. The summed E-state index contributed by atoms with van der Waals surface area (Å²) in [6.07, 6.45) is 7.69. The van der Waals surface area contributed by atoms with Crippen molar-refractivity contribution in [3.63, 3.8) is 0 Å². The normalized spacial score (nSPS) is 16.9. The lowest BCUT2D eigenvalue weighted by Crippen LogP contribution is -2.40. The quantitative estimate of drug-likeness (QED) is 0.583. The first-order valence-corrected chi connectivity index (χ1v) is 8.84. The lowest BCUT2D eigenvalue weighted by atomic mass is 9.95. The molecule has 1 aromatic rings. The molecule has 1 N–H and O–H groups in total. The largest absolute Gasteiger partial charge is 0.481 e. The summed E-state index contributed by atoms with van der Waals surface area (Å²) in [4.78, 5) is 40.3. The van der Waals surface area contributed by atoms with Crippen molar-refractivity contribution in [1.82, 2.24) is 9.55 Å². The number of unbranched alkanes of at least 4 members (excludes halogenated alkanes) is 5. The number of aryl methyl sites for hydroxylation is 1. The molecule has 2 heterocycles. The van der Waals surface area contributed by atoms with Crippen molar-refractivity contribution in [1.29, 1.82) is 0 Å². The number of Topliss-reactive ketones (excluding diaryl/α,β-unsaturated/α-hetero) is 1. The van der Waals surface area contributed by atoms with E-state index in [1.165, 1.54) is 30.3 Å². The number of aromatic nitrogens is 2. The number of carboxylic acids is 1. The maximum Gasteiger partial charge on any atom is 0.314 e. The average Bonchev–Trinajstić information content (AvgIpc) is 2.54. The Hall–Kier alpha value is -1.98. The Bertz CT molecular complexity index is 678. The second-order valence-corrected chi connectivity index (χ2v) is 6.52. The minimum absolute atomic E-state index is 0.00263. The molecule has 0 radical (unpaired) electrons. The minimum atomic E-state index is -1.14. The van der Waals surface area contributed by atoms with E-state index in [1.54, 1.807) is 6.92 Å². The van der Waals surface area contributed by atoms with Crippen LogP contribution in [0.25, 0.3) is 0 Å². The highest BCUT2D eigenvalue weighted by molar-refractivity contribution is 6.06. The van der Waals surface area contributed by atoms with E-state index < -0.39 is 17.7 Å². The molecule has 0 amide bonds. The van der Waals surface area contributed by atoms with Crippen LogP contribution in [0.15, 0.2) is 4.79 Å². The van der Waals surface area contributed by atoms with Crippen LogP contribution in [0.3, 0.4) is 0 Å². The monoisotopic (exact) mass is 334 g/mol. The first-order chi connectivity index (χ1) is 11.5. The zero-order chi connectivity index (χ0) is 17.7. The highest BCUT2D eigenvalue weighted by atomic mass is 16.4. The van der Waals surface area contributed by atoms with Crippen molar-refractivity contribution in [2.24, 2.45) is 5.92 Å². The van der Waals surface area contributed by atoms with Crippen molar-refractivity contribution in [3.8, 4) is 0 Å². The molecule has 1 aliphatic heterocycles. The van der Waals surface area contributed by atoms with Crippen LogP contribution < -0.4 is 5.56 Å². The lowest BCUT2D eigenvalue weighted by molar-refractivity contribution is -0.140. The van der Waals surface area contributed by atoms with E-state index in [0.717, 1.165) is 12.8 Å². The van der Waals surface area contributed by atoms with Gasteiger partial charge in [-0.1, -0.05) is 39.0 Å². The van der Waals surface area contributed by atoms with E-state index in [1.807, 2.05) is 0 Å². The van der Waals surface area contributed by atoms with Gasteiger partial charge in [-0.15, -0.1) is 0 Å². The number of rotatable bonds is 8. The molecule has 132 valence electrons. The summed E-state index contributed by atoms with van der Waals surface area (Å²) in [5.41, 5.74) is 1.04. The third-order valence-electron chi connectivity index (χ3n) is 4.73. The summed E-state index contributed by atoms with van der Waals surface area (Å²) in [6, 6.07) is 0. The van der Waals surface area contributed by atoms with Gasteiger partial charge >= 0.3 is 5.97 Å². The van der Waals surface area contributed by atoms with Gasteiger partial charge in [0.25, 0.3) is 5.56 Å². The Morgan fingerprint density at radius 3 is 2.54 bits per heavy atom. The van der Waals surface area contributed by atoms with Crippen LogP contribution in [-0.4, -0.2) is 26.4 Å². The van der Waals surface area contributed by atoms with Gasteiger partial charge in [0, 0.05) is 17.8 Å². The molecule has 2 rings (SSSR count). The van der Waals surface area contributed by atoms with E-state index in [-0.39, 0.29) is 24.3 Å². The van der Waals surface area contributed by atoms with Crippen LogP contribution in [0, 0.1) is 12.8 Å². The number of nitrogens with zero attached hydrogens (tertiary/aromatic N) is 2. The molecule has 0 spiro atoms.